The Morgan fingerprint density at radius 1 is 1.18 bits per heavy atom. The molecule has 98 valence electrons. The Morgan fingerprint density at radius 3 is 2.12 bits per heavy atom. The SMILES string of the molecule is CCC(CNC)C(=O)N1CCN(C(C)=O)CC1. The minimum atomic E-state index is 0.0591. The van der Waals surface area contributed by atoms with Crippen molar-refractivity contribution in [1.29, 1.82) is 0 Å². The van der Waals surface area contributed by atoms with Crippen molar-refractivity contribution in [1.82, 2.24) is 15.1 Å². The second-order valence-electron chi connectivity index (χ2n) is 4.49. The summed E-state index contributed by atoms with van der Waals surface area (Å²) in [5.41, 5.74) is 0. The van der Waals surface area contributed by atoms with Gasteiger partial charge in [0.15, 0.2) is 0 Å². The lowest BCUT2D eigenvalue weighted by atomic mass is 10.0. The van der Waals surface area contributed by atoms with Crippen molar-refractivity contribution in [2.45, 2.75) is 20.3 Å². The lowest BCUT2D eigenvalue weighted by molar-refractivity contribution is -0.141. The fraction of sp³-hybridized carbons (Fsp3) is 0.833. The van der Waals surface area contributed by atoms with E-state index in [-0.39, 0.29) is 17.7 Å². The number of carbonyl (C=O) groups excluding carboxylic acids is 2. The molecule has 0 saturated carbocycles. The minimum Gasteiger partial charge on any atom is -0.339 e. The smallest absolute Gasteiger partial charge is 0.227 e. The van der Waals surface area contributed by atoms with Gasteiger partial charge in [-0.2, -0.15) is 0 Å². The van der Waals surface area contributed by atoms with E-state index in [0.717, 1.165) is 13.0 Å². The van der Waals surface area contributed by atoms with Crippen LogP contribution in [0.4, 0.5) is 0 Å². The summed E-state index contributed by atoms with van der Waals surface area (Å²) >= 11 is 0. The van der Waals surface area contributed by atoms with E-state index in [0.29, 0.717) is 26.2 Å². The maximum Gasteiger partial charge on any atom is 0.227 e. The molecule has 1 saturated heterocycles. The maximum atomic E-state index is 12.2. The van der Waals surface area contributed by atoms with Gasteiger partial charge in [0.2, 0.25) is 11.8 Å². The number of nitrogens with zero attached hydrogens (tertiary/aromatic N) is 2. The third kappa shape index (κ3) is 3.70. The summed E-state index contributed by atoms with van der Waals surface area (Å²) in [7, 11) is 1.86. The van der Waals surface area contributed by atoms with E-state index >= 15 is 0 Å². The van der Waals surface area contributed by atoms with Crippen LogP contribution in [0.15, 0.2) is 0 Å². The molecule has 0 aromatic heterocycles. The van der Waals surface area contributed by atoms with Crippen molar-refractivity contribution in [3.05, 3.63) is 0 Å². The summed E-state index contributed by atoms with van der Waals surface area (Å²) in [5.74, 6) is 0.369. The average Bonchev–Trinajstić information content (AvgIpc) is 2.35. The van der Waals surface area contributed by atoms with Gasteiger partial charge in [0.05, 0.1) is 5.92 Å². The van der Waals surface area contributed by atoms with Crippen LogP contribution in [0.2, 0.25) is 0 Å². The predicted molar refractivity (Wildman–Crippen MR) is 66.5 cm³/mol. The van der Waals surface area contributed by atoms with Crippen molar-refractivity contribution in [2.24, 2.45) is 5.92 Å². The molecular weight excluding hydrogens is 218 g/mol. The Morgan fingerprint density at radius 2 is 1.71 bits per heavy atom. The summed E-state index contributed by atoms with van der Waals surface area (Å²) < 4.78 is 0. The van der Waals surface area contributed by atoms with Crippen molar-refractivity contribution < 1.29 is 9.59 Å². The average molecular weight is 241 g/mol. The van der Waals surface area contributed by atoms with Crippen LogP contribution in [0.25, 0.3) is 0 Å². The van der Waals surface area contributed by atoms with Gasteiger partial charge in [0.1, 0.15) is 0 Å². The van der Waals surface area contributed by atoms with Gasteiger partial charge in [0.25, 0.3) is 0 Å². The van der Waals surface area contributed by atoms with E-state index in [1.807, 2.05) is 18.9 Å². The van der Waals surface area contributed by atoms with Crippen LogP contribution in [0.1, 0.15) is 20.3 Å². The van der Waals surface area contributed by atoms with E-state index in [1.165, 1.54) is 0 Å². The lowest BCUT2D eigenvalue weighted by Gasteiger charge is -2.35. The zero-order chi connectivity index (χ0) is 12.8. The highest BCUT2D eigenvalue weighted by Gasteiger charge is 2.26. The van der Waals surface area contributed by atoms with Gasteiger partial charge in [-0.1, -0.05) is 6.92 Å². The van der Waals surface area contributed by atoms with Crippen LogP contribution in [-0.4, -0.2) is 61.4 Å². The molecule has 1 aliphatic heterocycles. The standard InChI is InChI=1S/C12H23N3O2/c1-4-11(9-13-3)12(17)15-7-5-14(6-8-15)10(2)16/h11,13H,4-9H2,1-3H3. The molecular formula is C12H23N3O2. The quantitative estimate of drug-likeness (QED) is 0.749. The van der Waals surface area contributed by atoms with Crippen LogP contribution in [0.5, 0.6) is 0 Å². The molecule has 0 bridgehead atoms. The number of amides is 2. The number of nitrogens with one attached hydrogen (secondary N) is 1. The molecule has 1 heterocycles. The first-order valence-corrected chi connectivity index (χ1v) is 6.29. The van der Waals surface area contributed by atoms with Crippen LogP contribution in [0.3, 0.4) is 0 Å². The van der Waals surface area contributed by atoms with Gasteiger partial charge in [-0.05, 0) is 13.5 Å². The first-order valence-electron chi connectivity index (χ1n) is 6.29. The van der Waals surface area contributed by atoms with E-state index in [9.17, 15) is 9.59 Å². The normalized spacial score (nSPS) is 18.1. The fourth-order valence-electron chi connectivity index (χ4n) is 2.15. The molecule has 5 heteroatoms. The molecule has 0 radical (unpaired) electrons. The van der Waals surface area contributed by atoms with Gasteiger partial charge in [-0.25, -0.2) is 0 Å². The van der Waals surface area contributed by atoms with Crippen molar-refractivity contribution in [3.63, 3.8) is 0 Å². The summed E-state index contributed by atoms with van der Waals surface area (Å²) in [6, 6.07) is 0. The molecule has 1 unspecified atom stereocenters. The number of rotatable bonds is 4. The highest BCUT2D eigenvalue weighted by Crippen LogP contribution is 2.10. The monoisotopic (exact) mass is 241 g/mol. The van der Waals surface area contributed by atoms with Crippen LogP contribution in [-0.2, 0) is 9.59 Å². The van der Waals surface area contributed by atoms with Gasteiger partial charge in [-0.3, -0.25) is 9.59 Å². The summed E-state index contributed by atoms with van der Waals surface area (Å²) in [6.45, 7) is 6.99. The molecule has 1 atom stereocenters. The van der Waals surface area contributed by atoms with Crippen molar-refractivity contribution >= 4 is 11.8 Å². The molecule has 0 aromatic carbocycles. The zero-order valence-electron chi connectivity index (χ0n) is 11.0. The minimum absolute atomic E-state index is 0.0591. The van der Waals surface area contributed by atoms with E-state index in [4.69, 9.17) is 0 Å². The molecule has 1 N–H and O–H groups in total. The number of hydrogen-bond acceptors (Lipinski definition) is 3. The van der Waals surface area contributed by atoms with E-state index in [1.54, 1.807) is 11.8 Å². The molecule has 0 aromatic rings. The van der Waals surface area contributed by atoms with E-state index in [2.05, 4.69) is 5.32 Å². The molecule has 0 spiro atoms. The van der Waals surface area contributed by atoms with Crippen LogP contribution in [0, 0.1) is 5.92 Å². The van der Waals surface area contributed by atoms with Gasteiger partial charge in [0, 0.05) is 39.6 Å². The summed E-state index contributed by atoms with van der Waals surface area (Å²) in [6.07, 6.45) is 0.854. The largest absolute Gasteiger partial charge is 0.339 e. The van der Waals surface area contributed by atoms with Crippen molar-refractivity contribution in [2.75, 3.05) is 39.8 Å². The molecule has 5 nitrogen and oxygen atoms in total. The Bertz CT molecular complexity index is 273. The fourth-order valence-corrected chi connectivity index (χ4v) is 2.15. The topological polar surface area (TPSA) is 52.7 Å². The zero-order valence-corrected chi connectivity index (χ0v) is 11.0. The van der Waals surface area contributed by atoms with Gasteiger partial charge >= 0.3 is 0 Å². The maximum absolute atomic E-state index is 12.2. The first-order chi connectivity index (χ1) is 8.10. The summed E-state index contributed by atoms with van der Waals surface area (Å²) in [5, 5.41) is 3.05. The molecule has 1 fully saturated rings. The molecule has 2 amide bonds. The Kier molecular flexibility index (Phi) is 5.41. The Balaban J connectivity index is 2.47. The van der Waals surface area contributed by atoms with E-state index < -0.39 is 0 Å². The van der Waals surface area contributed by atoms with Gasteiger partial charge < -0.3 is 15.1 Å². The third-order valence-corrected chi connectivity index (χ3v) is 3.33. The number of hydrogen-bond donors (Lipinski definition) is 1. The second kappa shape index (κ2) is 6.59. The number of carbonyl (C=O) groups is 2. The molecule has 1 rings (SSSR count). The van der Waals surface area contributed by atoms with Crippen LogP contribution < -0.4 is 5.32 Å². The first kappa shape index (κ1) is 14.0. The predicted octanol–water partition coefficient (Wildman–Crippen LogP) is -0.0773. The van der Waals surface area contributed by atoms with Crippen molar-refractivity contribution in [3.8, 4) is 0 Å². The third-order valence-electron chi connectivity index (χ3n) is 3.33. The molecule has 0 aliphatic carbocycles. The second-order valence-corrected chi connectivity index (χ2v) is 4.49. The Labute approximate surface area is 103 Å². The lowest BCUT2D eigenvalue weighted by Crippen LogP contribution is -2.52. The summed E-state index contributed by atoms with van der Waals surface area (Å²) in [4.78, 5) is 27.0. The highest BCUT2D eigenvalue weighted by molar-refractivity contribution is 5.79. The number of piperazine rings is 1. The van der Waals surface area contributed by atoms with Gasteiger partial charge in [-0.15, -0.1) is 0 Å². The Hall–Kier alpha value is -1.10. The van der Waals surface area contributed by atoms with Crippen LogP contribution >= 0.6 is 0 Å². The molecule has 17 heavy (non-hydrogen) atoms. The molecule has 1 aliphatic rings. The highest BCUT2D eigenvalue weighted by atomic mass is 16.2.